The largest absolute Gasteiger partial charge is 0.316 e. The Labute approximate surface area is 115 Å². The van der Waals surface area contributed by atoms with Crippen LogP contribution in [-0.4, -0.2) is 13.1 Å². The summed E-state index contributed by atoms with van der Waals surface area (Å²) in [6.07, 6.45) is 4.79. The van der Waals surface area contributed by atoms with Gasteiger partial charge in [-0.2, -0.15) is 0 Å². The first-order valence-electron chi connectivity index (χ1n) is 6.60. The number of hydrogen-bond donors (Lipinski definition) is 1. The predicted octanol–water partition coefficient (Wildman–Crippen LogP) is 4.75. The molecule has 1 aromatic rings. The van der Waals surface area contributed by atoms with Gasteiger partial charge in [-0.25, -0.2) is 0 Å². The van der Waals surface area contributed by atoms with Crippen molar-refractivity contribution in [3.8, 4) is 0 Å². The van der Waals surface area contributed by atoms with E-state index in [0.717, 1.165) is 23.8 Å². The van der Waals surface area contributed by atoms with E-state index in [1.54, 1.807) is 11.3 Å². The molecule has 0 radical (unpaired) electrons. The van der Waals surface area contributed by atoms with E-state index < -0.39 is 0 Å². The molecule has 98 valence electrons. The van der Waals surface area contributed by atoms with Gasteiger partial charge in [0.05, 0.1) is 4.34 Å². The minimum atomic E-state index is 0.392. The minimum absolute atomic E-state index is 0.392. The van der Waals surface area contributed by atoms with Crippen LogP contribution in [0.2, 0.25) is 4.34 Å². The third-order valence-electron chi connectivity index (χ3n) is 3.60. The Balaban J connectivity index is 2.63. The first-order chi connectivity index (χ1) is 8.15. The molecule has 0 amide bonds. The second kappa shape index (κ2) is 7.40. The first-order valence-corrected chi connectivity index (χ1v) is 7.80. The molecule has 1 rings (SSSR count). The molecular weight excluding hydrogens is 250 g/mol. The van der Waals surface area contributed by atoms with Gasteiger partial charge in [0, 0.05) is 11.4 Å². The molecule has 1 nitrogen and oxygen atoms in total. The fraction of sp³-hybridized carbons (Fsp3) is 0.714. The van der Waals surface area contributed by atoms with Gasteiger partial charge in [0.2, 0.25) is 0 Å². The van der Waals surface area contributed by atoms with Crippen molar-refractivity contribution < 1.29 is 0 Å². The second-order valence-electron chi connectivity index (χ2n) is 4.77. The smallest absolute Gasteiger partial charge is 0.0931 e. The summed E-state index contributed by atoms with van der Waals surface area (Å²) in [6.45, 7) is 9.04. The van der Waals surface area contributed by atoms with Crippen LogP contribution in [0.5, 0.6) is 0 Å². The molecule has 0 aliphatic heterocycles. The maximum Gasteiger partial charge on any atom is 0.0931 e. The summed E-state index contributed by atoms with van der Waals surface area (Å²) in [7, 11) is 0. The lowest BCUT2D eigenvalue weighted by Gasteiger charge is -2.31. The Hall–Kier alpha value is -0.0500. The molecule has 0 bridgehead atoms. The second-order valence-corrected chi connectivity index (χ2v) is 6.57. The lowest BCUT2D eigenvalue weighted by molar-refractivity contribution is 0.248. The zero-order valence-electron chi connectivity index (χ0n) is 11.2. The van der Waals surface area contributed by atoms with E-state index in [4.69, 9.17) is 11.6 Å². The van der Waals surface area contributed by atoms with E-state index in [2.05, 4.69) is 32.2 Å². The van der Waals surface area contributed by atoms with E-state index in [1.165, 1.54) is 24.1 Å². The van der Waals surface area contributed by atoms with E-state index in [-0.39, 0.29) is 0 Å². The summed E-state index contributed by atoms with van der Waals surface area (Å²) in [5, 5.41) is 3.58. The highest BCUT2D eigenvalue weighted by atomic mass is 35.5. The molecule has 17 heavy (non-hydrogen) atoms. The van der Waals surface area contributed by atoms with Crippen molar-refractivity contribution in [2.24, 2.45) is 5.41 Å². The van der Waals surface area contributed by atoms with Crippen LogP contribution in [0.25, 0.3) is 0 Å². The van der Waals surface area contributed by atoms with Crippen molar-refractivity contribution in [3.05, 3.63) is 21.3 Å². The average Bonchev–Trinajstić information content (AvgIpc) is 2.73. The van der Waals surface area contributed by atoms with Gasteiger partial charge in [0.15, 0.2) is 0 Å². The Bertz CT molecular complexity index is 318. The molecule has 0 saturated carbocycles. The molecule has 0 aliphatic carbocycles. The number of thiophene rings is 1. The van der Waals surface area contributed by atoms with Gasteiger partial charge in [-0.3, -0.25) is 0 Å². The van der Waals surface area contributed by atoms with Crippen LogP contribution in [0.15, 0.2) is 12.1 Å². The lowest BCUT2D eigenvalue weighted by Crippen LogP contribution is -2.35. The third-order valence-corrected chi connectivity index (χ3v) is 4.84. The van der Waals surface area contributed by atoms with Gasteiger partial charge < -0.3 is 5.32 Å². The van der Waals surface area contributed by atoms with Crippen molar-refractivity contribution in [1.82, 2.24) is 5.32 Å². The Morgan fingerprint density at radius 3 is 2.41 bits per heavy atom. The summed E-state index contributed by atoms with van der Waals surface area (Å²) in [4.78, 5) is 1.41. The molecule has 1 aromatic heterocycles. The zero-order chi connectivity index (χ0) is 12.7. The lowest BCUT2D eigenvalue weighted by atomic mass is 9.78. The average molecular weight is 274 g/mol. The first kappa shape index (κ1) is 15.0. The van der Waals surface area contributed by atoms with E-state index in [9.17, 15) is 0 Å². The van der Waals surface area contributed by atoms with Gasteiger partial charge in [-0.15, -0.1) is 11.3 Å². The highest BCUT2D eigenvalue weighted by Gasteiger charge is 2.26. The van der Waals surface area contributed by atoms with Gasteiger partial charge in [0.1, 0.15) is 0 Å². The molecule has 0 aromatic carbocycles. The summed E-state index contributed by atoms with van der Waals surface area (Å²) >= 11 is 7.73. The molecule has 3 heteroatoms. The highest BCUT2D eigenvalue weighted by Crippen LogP contribution is 2.34. The van der Waals surface area contributed by atoms with Crippen molar-refractivity contribution >= 4 is 22.9 Å². The molecule has 1 heterocycles. The molecule has 0 aliphatic rings. The van der Waals surface area contributed by atoms with E-state index in [0.29, 0.717) is 5.41 Å². The minimum Gasteiger partial charge on any atom is -0.316 e. The molecule has 0 spiro atoms. The molecular formula is C14H24ClNS. The van der Waals surface area contributed by atoms with Crippen LogP contribution in [0.4, 0.5) is 0 Å². The molecule has 0 fully saturated rings. The van der Waals surface area contributed by atoms with Gasteiger partial charge >= 0.3 is 0 Å². The molecule has 0 atom stereocenters. The quantitative estimate of drug-likeness (QED) is 0.674. The zero-order valence-corrected chi connectivity index (χ0v) is 12.8. The number of hydrogen-bond acceptors (Lipinski definition) is 2. The molecule has 0 saturated heterocycles. The van der Waals surface area contributed by atoms with Gasteiger partial charge in [0.25, 0.3) is 0 Å². The monoisotopic (exact) mass is 273 g/mol. The number of nitrogens with one attached hydrogen (secondary N) is 1. The van der Waals surface area contributed by atoms with Crippen molar-refractivity contribution in [1.29, 1.82) is 0 Å². The normalized spacial score (nSPS) is 12.0. The fourth-order valence-electron chi connectivity index (χ4n) is 2.16. The standard InChI is InChI=1S/C14H24ClNS/c1-4-9-16-11-14(5-2,6-3)10-12-7-8-13(15)17-12/h7-8,16H,4-6,9-11H2,1-3H3. The highest BCUT2D eigenvalue weighted by molar-refractivity contribution is 7.16. The number of halogens is 1. The van der Waals surface area contributed by atoms with Crippen LogP contribution in [0.3, 0.4) is 0 Å². The van der Waals surface area contributed by atoms with Crippen LogP contribution in [-0.2, 0) is 6.42 Å². The summed E-state index contributed by atoms with van der Waals surface area (Å²) < 4.78 is 0.905. The Morgan fingerprint density at radius 1 is 1.24 bits per heavy atom. The predicted molar refractivity (Wildman–Crippen MR) is 79.2 cm³/mol. The van der Waals surface area contributed by atoms with Crippen LogP contribution in [0.1, 0.15) is 44.9 Å². The summed E-state index contributed by atoms with van der Waals surface area (Å²) in [5.41, 5.74) is 0.392. The maximum atomic E-state index is 6.01. The van der Waals surface area contributed by atoms with Crippen LogP contribution >= 0.6 is 22.9 Å². The van der Waals surface area contributed by atoms with E-state index in [1.807, 2.05) is 6.07 Å². The van der Waals surface area contributed by atoms with E-state index >= 15 is 0 Å². The van der Waals surface area contributed by atoms with Crippen LogP contribution in [0, 0.1) is 5.41 Å². The summed E-state index contributed by atoms with van der Waals surface area (Å²) in [6, 6.07) is 4.18. The maximum absolute atomic E-state index is 6.01. The molecule has 0 unspecified atom stereocenters. The number of rotatable bonds is 8. The van der Waals surface area contributed by atoms with Crippen molar-refractivity contribution in [2.45, 2.75) is 46.5 Å². The van der Waals surface area contributed by atoms with Crippen molar-refractivity contribution in [2.75, 3.05) is 13.1 Å². The Kier molecular flexibility index (Phi) is 6.53. The van der Waals surface area contributed by atoms with Crippen LogP contribution < -0.4 is 5.32 Å². The Morgan fingerprint density at radius 2 is 1.94 bits per heavy atom. The fourth-order valence-corrected chi connectivity index (χ4v) is 3.42. The van der Waals surface area contributed by atoms with Crippen molar-refractivity contribution in [3.63, 3.8) is 0 Å². The summed E-state index contributed by atoms with van der Waals surface area (Å²) in [5.74, 6) is 0. The SMILES string of the molecule is CCCNCC(CC)(CC)Cc1ccc(Cl)s1. The third kappa shape index (κ3) is 4.61. The topological polar surface area (TPSA) is 12.0 Å². The van der Waals surface area contributed by atoms with Gasteiger partial charge in [-0.1, -0.05) is 32.4 Å². The van der Waals surface area contributed by atoms with Gasteiger partial charge in [-0.05, 0) is 49.8 Å². The molecule has 1 N–H and O–H groups in total.